The summed E-state index contributed by atoms with van der Waals surface area (Å²) in [6.45, 7) is 1.59. The van der Waals surface area contributed by atoms with E-state index in [0.29, 0.717) is 5.56 Å². The molecule has 8 heteroatoms. The van der Waals surface area contributed by atoms with Crippen molar-refractivity contribution in [2.24, 2.45) is 5.14 Å². The lowest BCUT2D eigenvalue weighted by Crippen LogP contribution is -2.27. The van der Waals surface area contributed by atoms with E-state index in [1.165, 1.54) is 31.2 Å². The normalized spacial score (nSPS) is 14.6. The Kier molecular flexibility index (Phi) is 5.63. The quantitative estimate of drug-likeness (QED) is 0.549. The van der Waals surface area contributed by atoms with Crippen molar-refractivity contribution in [2.75, 3.05) is 6.54 Å². The van der Waals surface area contributed by atoms with Crippen molar-refractivity contribution in [1.29, 1.82) is 0 Å². The number of rotatable bonds is 6. The molecule has 1 aromatic rings. The average molecular weight is 302 g/mol. The number of hydrogen-bond acceptors (Lipinski definition) is 5. The lowest BCUT2D eigenvalue weighted by molar-refractivity contribution is -0.119. The molecule has 1 amide bonds. The van der Waals surface area contributed by atoms with Crippen LogP contribution in [0, 0.1) is 0 Å². The second kappa shape index (κ2) is 6.80. The van der Waals surface area contributed by atoms with Crippen molar-refractivity contribution < 1.29 is 23.4 Å². The fourth-order valence-electron chi connectivity index (χ4n) is 1.63. The maximum absolute atomic E-state index is 11.1. The minimum Gasteiger partial charge on any atom is -0.390 e. The summed E-state index contributed by atoms with van der Waals surface area (Å²) in [6, 6.07) is 5.28. The number of aliphatic hydroxyl groups excluding tert-OH is 2. The van der Waals surface area contributed by atoms with Gasteiger partial charge in [0.2, 0.25) is 15.9 Å². The number of benzene rings is 1. The summed E-state index contributed by atoms with van der Waals surface area (Å²) in [6.07, 6.45) is -2.06. The predicted molar refractivity (Wildman–Crippen MR) is 72.1 cm³/mol. The fourth-order valence-corrected chi connectivity index (χ4v) is 2.15. The highest BCUT2D eigenvalue weighted by atomic mass is 32.2. The van der Waals surface area contributed by atoms with Gasteiger partial charge in [-0.15, -0.1) is 0 Å². The molecule has 7 nitrogen and oxygen atoms in total. The standard InChI is InChI=1S/C12H18N2O5S/c1-8(15)14-7-6-11(16)12(17)9-2-4-10(5-3-9)20(13,18)19/h2-5,11-12,16-17H,6-7H2,1H3,(H,14,15)(H2,13,18,19). The number of sulfonamides is 1. The van der Waals surface area contributed by atoms with Crippen LogP contribution in [-0.2, 0) is 14.8 Å². The fraction of sp³-hybridized carbons (Fsp3) is 0.417. The topological polar surface area (TPSA) is 130 Å². The van der Waals surface area contributed by atoms with Crippen molar-refractivity contribution >= 4 is 15.9 Å². The zero-order valence-corrected chi connectivity index (χ0v) is 11.8. The summed E-state index contributed by atoms with van der Waals surface area (Å²) in [5, 5.41) is 27.1. The molecule has 1 aromatic carbocycles. The largest absolute Gasteiger partial charge is 0.390 e. The van der Waals surface area contributed by atoms with Crippen LogP contribution < -0.4 is 10.5 Å². The lowest BCUT2D eigenvalue weighted by Gasteiger charge is -2.18. The zero-order chi connectivity index (χ0) is 15.3. The second-order valence-electron chi connectivity index (χ2n) is 4.40. The molecule has 0 aromatic heterocycles. The summed E-state index contributed by atoms with van der Waals surface area (Å²) < 4.78 is 22.2. The van der Waals surface area contributed by atoms with Gasteiger partial charge in [-0.3, -0.25) is 4.79 Å². The first kappa shape index (κ1) is 16.6. The van der Waals surface area contributed by atoms with Gasteiger partial charge in [-0.1, -0.05) is 12.1 Å². The summed E-state index contributed by atoms with van der Waals surface area (Å²) in [4.78, 5) is 10.6. The van der Waals surface area contributed by atoms with Crippen LogP contribution in [-0.4, -0.2) is 37.2 Å². The third kappa shape index (κ3) is 4.89. The molecule has 0 spiro atoms. The minimum absolute atomic E-state index is 0.0683. The Morgan fingerprint density at radius 2 is 1.85 bits per heavy atom. The van der Waals surface area contributed by atoms with Gasteiger partial charge in [0, 0.05) is 13.5 Å². The number of nitrogens with two attached hydrogens (primary N) is 1. The number of carbonyl (C=O) groups is 1. The van der Waals surface area contributed by atoms with Crippen LogP contribution in [0.3, 0.4) is 0 Å². The Labute approximate surface area is 117 Å². The third-order valence-electron chi connectivity index (χ3n) is 2.73. The first-order valence-corrected chi connectivity index (χ1v) is 7.50. The molecule has 112 valence electrons. The molecule has 0 aliphatic heterocycles. The smallest absolute Gasteiger partial charge is 0.238 e. The van der Waals surface area contributed by atoms with E-state index in [-0.39, 0.29) is 23.8 Å². The number of hydrogen-bond donors (Lipinski definition) is 4. The molecule has 0 heterocycles. The molecule has 0 saturated carbocycles. The van der Waals surface area contributed by atoms with Crippen molar-refractivity contribution in [1.82, 2.24) is 5.32 Å². The maximum atomic E-state index is 11.1. The van der Waals surface area contributed by atoms with Gasteiger partial charge in [-0.25, -0.2) is 13.6 Å². The molecule has 0 fully saturated rings. The Balaban J connectivity index is 2.67. The van der Waals surface area contributed by atoms with Crippen molar-refractivity contribution in [3.8, 4) is 0 Å². The molecule has 2 atom stereocenters. The molecule has 0 bridgehead atoms. The van der Waals surface area contributed by atoms with Crippen molar-refractivity contribution in [2.45, 2.75) is 30.4 Å². The van der Waals surface area contributed by atoms with E-state index in [4.69, 9.17) is 5.14 Å². The zero-order valence-electron chi connectivity index (χ0n) is 11.0. The molecule has 1 rings (SSSR count). The summed E-state index contributed by atoms with van der Waals surface area (Å²) in [5.41, 5.74) is 0.368. The van der Waals surface area contributed by atoms with Gasteiger partial charge >= 0.3 is 0 Å². The Bertz CT molecular complexity index is 556. The van der Waals surface area contributed by atoms with E-state index in [1.807, 2.05) is 0 Å². The predicted octanol–water partition coefficient (Wildman–Crippen LogP) is -0.745. The van der Waals surface area contributed by atoms with Crippen LogP contribution >= 0.6 is 0 Å². The maximum Gasteiger partial charge on any atom is 0.238 e. The van der Waals surface area contributed by atoms with E-state index >= 15 is 0 Å². The van der Waals surface area contributed by atoms with Gasteiger partial charge in [-0.2, -0.15) is 0 Å². The van der Waals surface area contributed by atoms with Crippen LogP contribution in [0.2, 0.25) is 0 Å². The van der Waals surface area contributed by atoms with Gasteiger partial charge in [-0.05, 0) is 24.1 Å². The van der Waals surface area contributed by atoms with Crippen LogP contribution in [0.1, 0.15) is 25.0 Å². The minimum atomic E-state index is -3.78. The van der Waals surface area contributed by atoms with E-state index in [1.54, 1.807) is 0 Å². The van der Waals surface area contributed by atoms with Crippen molar-refractivity contribution in [3.05, 3.63) is 29.8 Å². The van der Waals surface area contributed by atoms with Gasteiger partial charge < -0.3 is 15.5 Å². The van der Waals surface area contributed by atoms with Crippen LogP contribution in [0.4, 0.5) is 0 Å². The molecule has 0 aliphatic rings. The summed E-state index contributed by atoms with van der Waals surface area (Å²) >= 11 is 0. The highest BCUT2D eigenvalue weighted by Crippen LogP contribution is 2.20. The number of primary sulfonamides is 1. The Morgan fingerprint density at radius 1 is 1.30 bits per heavy atom. The molecular formula is C12H18N2O5S. The van der Waals surface area contributed by atoms with E-state index in [9.17, 15) is 23.4 Å². The van der Waals surface area contributed by atoms with Gasteiger partial charge in [0.1, 0.15) is 6.10 Å². The van der Waals surface area contributed by atoms with Gasteiger partial charge in [0.15, 0.2) is 0 Å². The number of amides is 1. The van der Waals surface area contributed by atoms with E-state index < -0.39 is 22.2 Å². The molecule has 0 aliphatic carbocycles. The summed E-state index contributed by atoms with van der Waals surface area (Å²) in [5.74, 6) is -0.218. The number of nitrogens with one attached hydrogen (secondary N) is 1. The first-order chi connectivity index (χ1) is 9.21. The van der Waals surface area contributed by atoms with Gasteiger partial charge in [0.05, 0.1) is 11.0 Å². The molecule has 2 unspecified atom stereocenters. The van der Waals surface area contributed by atoms with Crippen LogP contribution in [0.15, 0.2) is 29.2 Å². The SMILES string of the molecule is CC(=O)NCCC(O)C(O)c1ccc(S(N)(=O)=O)cc1. The first-order valence-electron chi connectivity index (χ1n) is 5.95. The number of aliphatic hydroxyl groups is 2. The summed E-state index contributed by atoms with van der Waals surface area (Å²) in [7, 11) is -3.78. The monoisotopic (exact) mass is 302 g/mol. The highest BCUT2D eigenvalue weighted by Gasteiger charge is 2.18. The van der Waals surface area contributed by atoms with E-state index in [2.05, 4.69) is 5.32 Å². The van der Waals surface area contributed by atoms with Crippen LogP contribution in [0.25, 0.3) is 0 Å². The molecule has 20 heavy (non-hydrogen) atoms. The highest BCUT2D eigenvalue weighted by molar-refractivity contribution is 7.89. The average Bonchev–Trinajstić information content (AvgIpc) is 2.36. The van der Waals surface area contributed by atoms with Crippen LogP contribution in [0.5, 0.6) is 0 Å². The Morgan fingerprint density at radius 3 is 2.30 bits per heavy atom. The third-order valence-corrected chi connectivity index (χ3v) is 3.66. The Hall–Kier alpha value is -1.48. The molecule has 0 radical (unpaired) electrons. The lowest BCUT2D eigenvalue weighted by atomic mass is 10.0. The van der Waals surface area contributed by atoms with E-state index in [0.717, 1.165) is 0 Å². The molecule has 5 N–H and O–H groups in total. The molecule has 0 saturated heterocycles. The van der Waals surface area contributed by atoms with Crippen molar-refractivity contribution in [3.63, 3.8) is 0 Å². The second-order valence-corrected chi connectivity index (χ2v) is 5.96. The molecular weight excluding hydrogens is 284 g/mol. The number of carbonyl (C=O) groups excluding carboxylic acids is 1. The van der Waals surface area contributed by atoms with Gasteiger partial charge in [0.25, 0.3) is 0 Å².